The van der Waals surface area contributed by atoms with E-state index in [0.717, 1.165) is 38.3 Å². The zero-order chi connectivity index (χ0) is 19.1. The molecule has 1 aliphatic rings. The first-order valence-electron chi connectivity index (χ1n) is 9.32. The van der Waals surface area contributed by atoms with E-state index in [9.17, 15) is 9.59 Å². The fraction of sp³-hybridized carbons (Fsp3) is 0.333. The van der Waals surface area contributed by atoms with Gasteiger partial charge in [-0.25, -0.2) is 0 Å². The molecule has 0 aromatic heterocycles. The summed E-state index contributed by atoms with van der Waals surface area (Å²) < 4.78 is 0. The third kappa shape index (κ3) is 6.05. The van der Waals surface area contributed by atoms with Crippen LogP contribution in [-0.4, -0.2) is 56.0 Å². The topological polar surface area (TPSA) is 73.5 Å². The van der Waals surface area contributed by atoms with Gasteiger partial charge >= 0.3 is 0 Å². The molecule has 2 aromatic rings. The normalized spacial score (nSPS) is 14.0. The van der Waals surface area contributed by atoms with Crippen molar-refractivity contribution in [2.75, 3.05) is 44.6 Å². The Balaban J connectivity index is 0.00000280. The standard InChI is InChI=1S/C21H26N4O2.ClH/c1-16-7-8-18(20(26)23-11-14-25-12-9-22-10-13-25)15-19(16)24-21(27)17-5-3-2-4-6-17;/h2-8,15,22H,9-14H2,1H3,(H,23,26)(H,24,27);1H. The predicted molar refractivity (Wildman–Crippen MR) is 114 cm³/mol. The molecule has 0 unspecified atom stereocenters. The second-order valence-corrected chi connectivity index (χ2v) is 6.70. The minimum Gasteiger partial charge on any atom is -0.351 e. The van der Waals surface area contributed by atoms with Crippen LogP contribution in [0.5, 0.6) is 0 Å². The number of hydrogen-bond donors (Lipinski definition) is 3. The number of amides is 2. The highest BCUT2D eigenvalue weighted by Gasteiger charge is 2.13. The minimum atomic E-state index is -0.185. The molecule has 6 nitrogen and oxygen atoms in total. The Hall–Kier alpha value is -2.41. The molecule has 0 bridgehead atoms. The minimum absolute atomic E-state index is 0. The molecule has 1 aliphatic heterocycles. The van der Waals surface area contributed by atoms with Crippen molar-refractivity contribution in [1.29, 1.82) is 0 Å². The van der Waals surface area contributed by atoms with Crippen LogP contribution < -0.4 is 16.0 Å². The molecule has 1 saturated heterocycles. The Morgan fingerprint density at radius 3 is 2.43 bits per heavy atom. The first kappa shape index (κ1) is 21.9. The average Bonchev–Trinajstić information content (AvgIpc) is 2.71. The van der Waals surface area contributed by atoms with Crippen LogP contribution in [0, 0.1) is 6.92 Å². The molecular formula is C21H27ClN4O2. The molecule has 1 heterocycles. The number of aryl methyl sites for hydroxylation is 1. The summed E-state index contributed by atoms with van der Waals surface area (Å²) in [4.78, 5) is 27.2. The summed E-state index contributed by atoms with van der Waals surface area (Å²) in [7, 11) is 0. The highest BCUT2D eigenvalue weighted by molar-refractivity contribution is 6.05. The number of carbonyl (C=O) groups excluding carboxylic acids is 2. The van der Waals surface area contributed by atoms with Crippen LogP contribution in [0.3, 0.4) is 0 Å². The van der Waals surface area contributed by atoms with Crippen LogP contribution in [-0.2, 0) is 0 Å². The molecule has 150 valence electrons. The van der Waals surface area contributed by atoms with Gasteiger partial charge in [0, 0.05) is 56.1 Å². The van der Waals surface area contributed by atoms with Crippen LogP contribution in [0.1, 0.15) is 26.3 Å². The molecule has 2 amide bonds. The summed E-state index contributed by atoms with van der Waals surface area (Å²) in [6, 6.07) is 14.4. The van der Waals surface area contributed by atoms with Crippen LogP contribution in [0.4, 0.5) is 5.69 Å². The lowest BCUT2D eigenvalue weighted by Crippen LogP contribution is -2.46. The third-order valence-electron chi connectivity index (χ3n) is 4.71. The molecule has 0 saturated carbocycles. The largest absolute Gasteiger partial charge is 0.351 e. The Labute approximate surface area is 172 Å². The Morgan fingerprint density at radius 2 is 1.71 bits per heavy atom. The summed E-state index contributed by atoms with van der Waals surface area (Å²) in [6.45, 7) is 7.38. The van der Waals surface area contributed by atoms with E-state index in [1.165, 1.54) is 0 Å². The van der Waals surface area contributed by atoms with Gasteiger partial charge in [-0.2, -0.15) is 0 Å². The molecule has 7 heteroatoms. The number of anilines is 1. The van der Waals surface area contributed by atoms with Crippen LogP contribution in [0.25, 0.3) is 0 Å². The lowest BCUT2D eigenvalue weighted by molar-refractivity contribution is 0.0946. The summed E-state index contributed by atoms with van der Waals surface area (Å²) >= 11 is 0. The Kier molecular flexibility index (Phi) is 8.44. The van der Waals surface area contributed by atoms with Gasteiger partial charge in [0.2, 0.25) is 0 Å². The Morgan fingerprint density at radius 1 is 1.00 bits per heavy atom. The van der Waals surface area contributed by atoms with Gasteiger partial charge in [-0.1, -0.05) is 24.3 Å². The SMILES string of the molecule is Cc1ccc(C(=O)NCCN2CCNCC2)cc1NC(=O)c1ccccc1.Cl. The van der Waals surface area contributed by atoms with Gasteiger partial charge in [0.05, 0.1) is 0 Å². The third-order valence-corrected chi connectivity index (χ3v) is 4.71. The smallest absolute Gasteiger partial charge is 0.255 e. The monoisotopic (exact) mass is 402 g/mol. The molecule has 28 heavy (non-hydrogen) atoms. The maximum absolute atomic E-state index is 12.5. The second-order valence-electron chi connectivity index (χ2n) is 6.70. The van der Waals surface area contributed by atoms with E-state index >= 15 is 0 Å². The van der Waals surface area contributed by atoms with E-state index in [2.05, 4.69) is 20.9 Å². The molecule has 0 atom stereocenters. The zero-order valence-electron chi connectivity index (χ0n) is 16.0. The molecule has 0 spiro atoms. The summed E-state index contributed by atoms with van der Waals surface area (Å²) in [5, 5.41) is 9.17. The van der Waals surface area contributed by atoms with Gasteiger partial charge in [0.25, 0.3) is 11.8 Å². The van der Waals surface area contributed by atoms with E-state index in [-0.39, 0.29) is 24.2 Å². The number of benzene rings is 2. The number of carbonyl (C=O) groups is 2. The first-order valence-corrected chi connectivity index (χ1v) is 9.32. The lowest BCUT2D eigenvalue weighted by atomic mass is 10.1. The maximum Gasteiger partial charge on any atom is 0.255 e. The number of rotatable bonds is 6. The molecular weight excluding hydrogens is 376 g/mol. The number of nitrogens with zero attached hydrogens (tertiary/aromatic N) is 1. The highest BCUT2D eigenvalue weighted by Crippen LogP contribution is 2.18. The van der Waals surface area contributed by atoms with Crippen molar-refractivity contribution in [3.05, 3.63) is 65.2 Å². The van der Waals surface area contributed by atoms with Crippen LogP contribution in [0.2, 0.25) is 0 Å². The van der Waals surface area contributed by atoms with Crippen LogP contribution >= 0.6 is 12.4 Å². The van der Waals surface area contributed by atoms with Gasteiger partial charge in [-0.3, -0.25) is 14.5 Å². The van der Waals surface area contributed by atoms with Gasteiger partial charge in [0.1, 0.15) is 0 Å². The van der Waals surface area contributed by atoms with E-state index < -0.39 is 0 Å². The van der Waals surface area contributed by atoms with Crippen molar-refractivity contribution in [2.24, 2.45) is 0 Å². The quantitative estimate of drug-likeness (QED) is 0.693. The molecule has 0 aliphatic carbocycles. The molecule has 2 aromatic carbocycles. The van der Waals surface area contributed by atoms with E-state index in [1.807, 2.05) is 31.2 Å². The number of hydrogen-bond acceptors (Lipinski definition) is 4. The van der Waals surface area contributed by atoms with Crippen molar-refractivity contribution in [3.63, 3.8) is 0 Å². The predicted octanol–water partition coefficient (Wildman–Crippen LogP) is 2.30. The number of nitrogens with one attached hydrogen (secondary N) is 3. The molecule has 0 radical (unpaired) electrons. The Bertz CT molecular complexity index is 792. The summed E-state index contributed by atoms with van der Waals surface area (Å²) in [5.74, 6) is -0.310. The maximum atomic E-state index is 12.5. The fourth-order valence-electron chi connectivity index (χ4n) is 3.05. The second kappa shape index (κ2) is 10.8. The molecule has 3 rings (SSSR count). The molecule has 3 N–H and O–H groups in total. The van der Waals surface area contributed by atoms with Gasteiger partial charge in [-0.05, 0) is 36.8 Å². The first-order chi connectivity index (χ1) is 13.1. The lowest BCUT2D eigenvalue weighted by Gasteiger charge is -2.27. The van der Waals surface area contributed by atoms with Crippen molar-refractivity contribution < 1.29 is 9.59 Å². The zero-order valence-corrected chi connectivity index (χ0v) is 16.8. The van der Waals surface area contributed by atoms with Crippen molar-refractivity contribution in [1.82, 2.24) is 15.5 Å². The molecule has 1 fully saturated rings. The number of halogens is 1. The fourth-order valence-corrected chi connectivity index (χ4v) is 3.05. The summed E-state index contributed by atoms with van der Waals surface area (Å²) in [5.41, 5.74) is 2.70. The highest BCUT2D eigenvalue weighted by atomic mass is 35.5. The number of piperazine rings is 1. The van der Waals surface area contributed by atoms with E-state index in [4.69, 9.17) is 0 Å². The van der Waals surface area contributed by atoms with Crippen molar-refractivity contribution in [2.45, 2.75) is 6.92 Å². The van der Waals surface area contributed by atoms with Crippen molar-refractivity contribution >= 4 is 29.9 Å². The van der Waals surface area contributed by atoms with Gasteiger partial charge < -0.3 is 16.0 Å². The van der Waals surface area contributed by atoms with E-state index in [0.29, 0.717) is 23.4 Å². The summed E-state index contributed by atoms with van der Waals surface area (Å²) in [6.07, 6.45) is 0. The average molecular weight is 403 g/mol. The van der Waals surface area contributed by atoms with Gasteiger partial charge in [0.15, 0.2) is 0 Å². The van der Waals surface area contributed by atoms with Gasteiger partial charge in [-0.15, -0.1) is 12.4 Å². The van der Waals surface area contributed by atoms with Crippen LogP contribution in [0.15, 0.2) is 48.5 Å². The van der Waals surface area contributed by atoms with E-state index in [1.54, 1.807) is 24.3 Å². The van der Waals surface area contributed by atoms with Crippen molar-refractivity contribution in [3.8, 4) is 0 Å².